The van der Waals surface area contributed by atoms with Crippen LogP contribution in [-0.4, -0.2) is 25.6 Å². The van der Waals surface area contributed by atoms with Crippen molar-refractivity contribution in [3.8, 4) is 11.8 Å². The summed E-state index contributed by atoms with van der Waals surface area (Å²) < 4.78 is 10.1. The number of nitriles is 1. The molecule has 7 heteroatoms. The summed E-state index contributed by atoms with van der Waals surface area (Å²) in [6.07, 6.45) is 1.27. The Hall–Kier alpha value is -3.79. The Labute approximate surface area is 169 Å². The lowest BCUT2D eigenvalue weighted by molar-refractivity contribution is -0.117. The summed E-state index contributed by atoms with van der Waals surface area (Å²) in [5.41, 5.74) is 1.51. The van der Waals surface area contributed by atoms with E-state index in [0.717, 1.165) is 5.56 Å². The summed E-state index contributed by atoms with van der Waals surface area (Å²) in [6.45, 7) is 3.78. The van der Waals surface area contributed by atoms with Gasteiger partial charge in [-0.3, -0.25) is 4.79 Å². The van der Waals surface area contributed by atoms with Crippen LogP contribution in [0, 0.1) is 11.3 Å². The number of anilines is 1. The zero-order chi connectivity index (χ0) is 21.2. The average Bonchev–Trinajstić information content (AvgIpc) is 2.74. The van der Waals surface area contributed by atoms with Gasteiger partial charge in [-0.15, -0.1) is 0 Å². The van der Waals surface area contributed by atoms with Gasteiger partial charge in [0.1, 0.15) is 17.4 Å². The smallest absolute Gasteiger partial charge is 0.340 e. The number of carbonyl (C=O) groups excluding carboxylic acids is 2. The molecular weight excluding hydrogens is 370 g/mol. The first-order valence-corrected chi connectivity index (χ1v) is 9.07. The van der Waals surface area contributed by atoms with Crippen LogP contribution in [0.5, 0.6) is 5.75 Å². The molecule has 2 N–H and O–H groups in total. The van der Waals surface area contributed by atoms with E-state index < -0.39 is 11.9 Å². The molecule has 29 heavy (non-hydrogen) atoms. The minimum atomic E-state index is -0.531. The highest BCUT2D eigenvalue weighted by atomic mass is 16.5. The van der Waals surface area contributed by atoms with E-state index >= 15 is 0 Å². The summed E-state index contributed by atoms with van der Waals surface area (Å²) in [5, 5.41) is 15.0. The summed E-state index contributed by atoms with van der Waals surface area (Å²) in [5.74, 6) is -0.300. The number of carbonyl (C=O) groups is 2. The molecule has 0 aromatic heterocycles. The molecule has 0 aliphatic carbocycles. The first-order chi connectivity index (χ1) is 14.0. The molecule has 150 valence electrons. The van der Waals surface area contributed by atoms with Gasteiger partial charge in [-0.05, 0) is 43.7 Å². The van der Waals surface area contributed by atoms with Gasteiger partial charge in [0.15, 0.2) is 0 Å². The molecule has 1 atom stereocenters. The lowest BCUT2D eigenvalue weighted by Gasteiger charge is -2.14. The number of amides is 1. The monoisotopic (exact) mass is 393 g/mol. The SMILES string of the molecule is CCOC(=O)c1ccccc1N/C=C(/C#N)C(=O)NC(C)c1ccc(OC)cc1. The van der Waals surface area contributed by atoms with Gasteiger partial charge in [0.25, 0.3) is 5.91 Å². The van der Waals surface area contributed by atoms with Gasteiger partial charge in [0.2, 0.25) is 0 Å². The van der Waals surface area contributed by atoms with Crippen molar-refractivity contribution in [3.63, 3.8) is 0 Å². The molecule has 0 spiro atoms. The number of rotatable bonds is 8. The Balaban J connectivity index is 2.10. The third-order valence-corrected chi connectivity index (χ3v) is 4.12. The van der Waals surface area contributed by atoms with E-state index in [0.29, 0.717) is 17.0 Å². The van der Waals surface area contributed by atoms with Crippen LogP contribution in [0.1, 0.15) is 35.8 Å². The van der Waals surface area contributed by atoms with Crippen LogP contribution in [0.15, 0.2) is 60.3 Å². The van der Waals surface area contributed by atoms with Crippen molar-refractivity contribution in [1.82, 2.24) is 5.32 Å². The number of nitrogens with one attached hydrogen (secondary N) is 2. The highest BCUT2D eigenvalue weighted by Crippen LogP contribution is 2.19. The Morgan fingerprint density at radius 3 is 2.48 bits per heavy atom. The third kappa shape index (κ3) is 5.84. The maximum atomic E-state index is 12.5. The molecule has 1 amide bonds. The Kier molecular flexibility index (Phi) is 7.80. The molecule has 2 aromatic rings. The molecule has 1 unspecified atom stereocenters. The molecule has 2 rings (SSSR count). The van der Waals surface area contributed by atoms with Crippen LogP contribution in [0.4, 0.5) is 5.69 Å². The number of methoxy groups -OCH3 is 1. The second-order valence-corrected chi connectivity index (χ2v) is 6.05. The molecule has 0 heterocycles. The van der Waals surface area contributed by atoms with E-state index in [1.165, 1.54) is 6.20 Å². The van der Waals surface area contributed by atoms with Gasteiger partial charge < -0.3 is 20.1 Å². The van der Waals surface area contributed by atoms with Crippen LogP contribution in [0.2, 0.25) is 0 Å². The molecule has 0 fully saturated rings. The lowest BCUT2D eigenvalue weighted by Crippen LogP contribution is -2.28. The summed E-state index contributed by atoms with van der Waals surface area (Å²) in [6, 6.07) is 15.5. The van der Waals surface area contributed by atoms with E-state index in [4.69, 9.17) is 9.47 Å². The number of hydrogen-bond donors (Lipinski definition) is 2. The van der Waals surface area contributed by atoms with Gasteiger partial charge in [-0.2, -0.15) is 5.26 Å². The second kappa shape index (κ2) is 10.5. The van der Waals surface area contributed by atoms with Crippen LogP contribution < -0.4 is 15.4 Å². The first-order valence-electron chi connectivity index (χ1n) is 9.07. The average molecular weight is 393 g/mol. The van der Waals surface area contributed by atoms with E-state index in [2.05, 4.69) is 10.6 Å². The van der Waals surface area contributed by atoms with E-state index in [1.54, 1.807) is 50.4 Å². The molecule has 2 aromatic carbocycles. The maximum Gasteiger partial charge on any atom is 0.340 e. The molecular formula is C22H23N3O4. The second-order valence-electron chi connectivity index (χ2n) is 6.05. The van der Waals surface area contributed by atoms with Crippen molar-refractivity contribution >= 4 is 17.6 Å². The molecule has 0 bridgehead atoms. The topological polar surface area (TPSA) is 100 Å². The zero-order valence-electron chi connectivity index (χ0n) is 16.6. The number of benzene rings is 2. The predicted molar refractivity (Wildman–Crippen MR) is 109 cm³/mol. The fraction of sp³-hybridized carbons (Fsp3) is 0.227. The zero-order valence-corrected chi connectivity index (χ0v) is 16.6. The minimum Gasteiger partial charge on any atom is -0.497 e. The third-order valence-electron chi connectivity index (χ3n) is 4.12. The van der Waals surface area contributed by atoms with Crippen molar-refractivity contribution in [2.45, 2.75) is 19.9 Å². The fourth-order valence-electron chi connectivity index (χ4n) is 2.54. The van der Waals surface area contributed by atoms with Gasteiger partial charge >= 0.3 is 5.97 Å². The van der Waals surface area contributed by atoms with Crippen LogP contribution in [0.25, 0.3) is 0 Å². The van der Waals surface area contributed by atoms with E-state index in [1.807, 2.05) is 25.1 Å². The number of ether oxygens (including phenoxy) is 2. The number of nitrogens with zero attached hydrogens (tertiary/aromatic N) is 1. The standard InChI is InChI=1S/C22H23N3O4/c1-4-29-22(27)19-7-5-6-8-20(19)24-14-17(13-23)21(26)25-15(2)16-9-11-18(28-3)12-10-16/h5-12,14-15,24H,4H2,1-3H3,(H,25,26)/b17-14-. The van der Waals surface area contributed by atoms with Gasteiger partial charge in [0.05, 0.1) is 31.0 Å². The maximum absolute atomic E-state index is 12.5. The summed E-state index contributed by atoms with van der Waals surface area (Å²) in [7, 11) is 1.58. The minimum absolute atomic E-state index is 0.121. The van der Waals surface area contributed by atoms with E-state index in [9.17, 15) is 14.9 Å². The predicted octanol–water partition coefficient (Wildman–Crippen LogP) is 3.57. The van der Waals surface area contributed by atoms with Gasteiger partial charge in [-0.1, -0.05) is 24.3 Å². The Bertz CT molecular complexity index is 930. The fourth-order valence-corrected chi connectivity index (χ4v) is 2.54. The number of esters is 1. The normalized spacial score (nSPS) is 11.7. The number of hydrogen-bond acceptors (Lipinski definition) is 6. The molecule has 0 aliphatic rings. The van der Waals surface area contributed by atoms with Crippen molar-refractivity contribution < 1.29 is 19.1 Å². The number of para-hydroxylation sites is 1. The van der Waals surface area contributed by atoms with Crippen molar-refractivity contribution in [2.75, 3.05) is 19.0 Å². The van der Waals surface area contributed by atoms with E-state index in [-0.39, 0.29) is 18.2 Å². The van der Waals surface area contributed by atoms with Crippen LogP contribution in [-0.2, 0) is 9.53 Å². The Morgan fingerprint density at radius 2 is 1.86 bits per heavy atom. The van der Waals surface area contributed by atoms with Gasteiger partial charge in [0, 0.05) is 6.20 Å². The molecule has 0 radical (unpaired) electrons. The van der Waals surface area contributed by atoms with Crippen molar-refractivity contribution in [2.24, 2.45) is 0 Å². The van der Waals surface area contributed by atoms with Crippen molar-refractivity contribution in [3.05, 3.63) is 71.4 Å². The van der Waals surface area contributed by atoms with Gasteiger partial charge in [-0.25, -0.2) is 4.79 Å². The first kappa shape index (κ1) is 21.5. The molecule has 0 aliphatic heterocycles. The van der Waals surface area contributed by atoms with Crippen LogP contribution in [0.3, 0.4) is 0 Å². The Morgan fingerprint density at radius 1 is 1.17 bits per heavy atom. The largest absolute Gasteiger partial charge is 0.497 e. The lowest BCUT2D eigenvalue weighted by atomic mass is 10.1. The summed E-state index contributed by atoms with van der Waals surface area (Å²) >= 11 is 0. The summed E-state index contributed by atoms with van der Waals surface area (Å²) in [4.78, 5) is 24.5. The van der Waals surface area contributed by atoms with Crippen molar-refractivity contribution in [1.29, 1.82) is 5.26 Å². The quantitative estimate of drug-likeness (QED) is 0.404. The highest BCUT2D eigenvalue weighted by Gasteiger charge is 2.15. The molecule has 7 nitrogen and oxygen atoms in total. The molecule has 0 saturated heterocycles. The molecule has 0 saturated carbocycles. The highest BCUT2D eigenvalue weighted by molar-refractivity contribution is 5.99. The van der Waals surface area contributed by atoms with Crippen LogP contribution >= 0.6 is 0 Å².